The number of carbonyl (C=O) groups is 1. The zero-order chi connectivity index (χ0) is 23.3. The number of esters is 1. The Bertz CT molecular complexity index is 1060. The molecule has 7 heteroatoms. The first-order valence-corrected chi connectivity index (χ1v) is 12.0. The van der Waals surface area contributed by atoms with Gasteiger partial charge in [0, 0.05) is 33.7 Å². The van der Waals surface area contributed by atoms with Gasteiger partial charge in [-0.05, 0) is 54.9 Å². The summed E-state index contributed by atoms with van der Waals surface area (Å²) in [5, 5.41) is 13.7. The quantitative estimate of drug-likeness (QED) is 0.408. The lowest BCUT2D eigenvalue weighted by Crippen LogP contribution is -2.38. The number of fused-ring (bicyclic) bond motifs is 2. The van der Waals surface area contributed by atoms with E-state index in [0.29, 0.717) is 29.3 Å². The van der Waals surface area contributed by atoms with Gasteiger partial charge in [0.25, 0.3) is 0 Å². The van der Waals surface area contributed by atoms with Crippen LogP contribution in [0.1, 0.15) is 56.0 Å². The summed E-state index contributed by atoms with van der Waals surface area (Å²) in [6.45, 7) is 7.21. The second kappa shape index (κ2) is 8.45. The maximum atomic E-state index is 13.0. The number of halogens is 2. The van der Waals surface area contributed by atoms with Crippen LogP contribution in [0.2, 0.25) is 5.02 Å². The van der Waals surface area contributed by atoms with Gasteiger partial charge in [-0.2, -0.15) is 0 Å². The molecular formula is C25H29BrClNO4. The number of methoxy groups -OCH3 is 1. The molecule has 172 valence electrons. The molecule has 2 aromatic carbocycles. The predicted molar refractivity (Wildman–Crippen MR) is 130 cm³/mol. The number of benzene rings is 2. The summed E-state index contributed by atoms with van der Waals surface area (Å²) < 4.78 is 12.3. The van der Waals surface area contributed by atoms with Gasteiger partial charge >= 0.3 is 5.97 Å². The number of phenolic OH excluding ortho intramolecular Hbond substituents is 1. The lowest BCUT2D eigenvalue weighted by molar-refractivity contribution is -0.0244. The van der Waals surface area contributed by atoms with Crippen LogP contribution in [0.3, 0.4) is 0 Å². The molecule has 2 aliphatic rings. The first-order valence-electron chi connectivity index (χ1n) is 10.9. The molecule has 0 aliphatic heterocycles. The third-order valence-corrected chi connectivity index (χ3v) is 8.72. The molecular weight excluding hydrogens is 494 g/mol. The molecule has 2 aliphatic carbocycles. The minimum absolute atomic E-state index is 0.00922. The van der Waals surface area contributed by atoms with Gasteiger partial charge in [0.2, 0.25) is 0 Å². The van der Waals surface area contributed by atoms with Gasteiger partial charge in [-0.3, -0.25) is 0 Å². The van der Waals surface area contributed by atoms with Crippen LogP contribution < -0.4 is 10.1 Å². The molecule has 2 saturated carbocycles. The lowest BCUT2D eigenvalue weighted by atomic mass is 9.70. The first-order chi connectivity index (χ1) is 15.1. The van der Waals surface area contributed by atoms with E-state index >= 15 is 0 Å². The summed E-state index contributed by atoms with van der Waals surface area (Å²) in [7, 11) is 1.54. The molecule has 3 atom stereocenters. The van der Waals surface area contributed by atoms with Crippen LogP contribution in [0.15, 0.2) is 34.8 Å². The summed E-state index contributed by atoms with van der Waals surface area (Å²) in [4.78, 5) is 13.0. The zero-order valence-electron chi connectivity index (χ0n) is 18.8. The van der Waals surface area contributed by atoms with Gasteiger partial charge in [-0.1, -0.05) is 48.3 Å². The Labute approximate surface area is 202 Å². The third-order valence-electron chi connectivity index (χ3n) is 7.97. The standard InChI is InChI=1S/C25H29BrClNO4/c1-24(2)15-7-8-25(24,3)21(10-15)32-23(30)18-6-5-17(12-20(18)31-4)28-13-14-9-16(26)11-19(27)22(14)29/h5-6,9,11-12,15,21,28-29H,7-8,10,13H2,1-4H3. The highest BCUT2D eigenvalue weighted by Crippen LogP contribution is 2.66. The molecule has 2 fully saturated rings. The van der Waals surface area contributed by atoms with Gasteiger partial charge in [0.05, 0.1) is 12.1 Å². The number of anilines is 1. The fourth-order valence-corrected chi connectivity index (χ4v) is 6.30. The summed E-state index contributed by atoms with van der Waals surface area (Å²) in [6.07, 6.45) is 3.15. The number of phenols is 1. The number of hydrogen-bond acceptors (Lipinski definition) is 5. The van der Waals surface area contributed by atoms with Crippen LogP contribution in [0, 0.1) is 16.7 Å². The Kier molecular flexibility index (Phi) is 6.14. The molecule has 0 spiro atoms. The Hall–Kier alpha value is -1.92. The second-order valence-corrected chi connectivity index (χ2v) is 11.0. The van der Waals surface area contributed by atoms with Gasteiger partial charge in [-0.15, -0.1) is 0 Å². The highest BCUT2D eigenvalue weighted by atomic mass is 79.9. The molecule has 0 saturated heterocycles. The SMILES string of the molecule is COc1cc(NCc2cc(Br)cc(Cl)c2O)ccc1C(=O)OC1CC2CCC1(C)C2(C)C. The average molecular weight is 523 g/mol. The highest BCUT2D eigenvalue weighted by molar-refractivity contribution is 9.10. The van der Waals surface area contributed by atoms with E-state index in [1.54, 1.807) is 24.3 Å². The molecule has 4 rings (SSSR count). The zero-order valence-corrected chi connectivity index (χ0v) is 21.1. The molecule has 3 unspecified atom stereocenters. The van der Waals surface area contributed by atoms with Crippen LogP contribution in [-0.2, 0) is 11.3 Å². The number of carbonyl (C=O) groups excluding carboxylic acids is 1. The van der Waals surface area contributed by atoms with E-state index in [4.69, 9.17) is 21.1 Å². The summed E-state index contributed by atoms with van der Waals surface area (Å²) in [5.41, 5.74) is 2.00. The largest absolute Gasteiger partial charge is 0.506 e. The molecule has 2 aromatic rings. The number of hydrogen-bond donors (Lipinski definition) is 2. The second-order valence-electron chi connectivity index (χ2n) is 9.67. The van der Waals surface area contributed by atoms with Crippen molar-refractivity contribution in [3.8, 4) is 11.5 Å². The number of aromatic hydroxyl groups is 1. The average Bonchev–Trinajstić information content (AvgIpc) is 3.08. The van der Waals surface area contributed by atoms with Crippen molar-refractivity contribution in [3.63, 3.8) is 0 Å². The molecule has 0 aromatic heterocycles. The minimum Gasteiger partial charge on any atom is -0.506 e. The number of ether oxygens (including phenoxy) is 2. The van der Waals surface area contributed by atoms with E-state index in [0.717, 1.165) is 23.0 Å². The Balaban J connectivity index is 1.48. The van der Waals surface area contributed by atoms with Gasteiger partial charge in [0.1, 0.15) is 23.2 Å². The normalized spacial score (nSPS) is 25.6. The maximum absolute atomic E-state index is 13.0. The van der Waals surface area contributed by atoms with E-state index in [1.807, 2.05) is 6.07 Å². The molecule has 5 nitrogen and oxygen atoms in total. The van der Waals surface area contributed by atoms with Crippen molar-refractivity contribution < 1.29 is 19.4 Å². The molecule has 2 bridgehead atoms. The van der Waals surface area contributed by atoms with E-state index < -0.39 is 0 Å². The molecule has 32 heavy (non-hydrogen) atoms. The van der Waals surface area contributed by atoms with Crippen molar-refractivity contribution in [1.82, 2.24) is 0 Å². The van der Waals surface area contributed by atoms with Crippen molar-refractivity contribution >= 4 is 39.2 Å². The predicted octanol–water partition coefficient (Wildman–Crippen LogP) is 6.80. The highest BCUT2D eigenvalue weighted by Gasteiger charge is 2.62. The van der Waals surface area contributed by atoms with Gasteiger partial charge < -0.3 is 19.9 Å². The van der Waals surface area contributed by atoms with Crippen molar-refractivity contribution in [2.75, 3.05) is 12.4 Å². The van der Waals surface area contributed by atoms with Crippen LogP contribution in [-0.4, -0.2) is 24.3 Å². The van der Waals surface area contributed by atoms with Crippen LogP contribution in [0.4, 0.5) is 5.69 Å². The lowest BCUT2D eigenvalue weighted by Gasteiger charge is -2.38. The molecule has 0 heterocycles. The smallest absolute Gasteiger partial charge is 0.342 e. The Morgan fingerprint density at radius 3 is 2.66 bits per heavy atom. The van der Waals surface area contributed by atoms with Crippen LogP contribution in [0.5, 0.6) is 11.5 Å². The van der Waals surface area contributed by atoms with E-state index in [2.05, 4.69) is 42.0 Å². The third kappa shape index (κ3) is 3.86. The fraction of sp³-hybridized carbons (Fsp3) is 0.480. The van der Waals surface area contributed by atoms with E-state index in [1.165, 1.54) is 13.5 Å². The van der Waals surface area contributed by atoms with Gasteiger partial charge in [0.15, 0.2) is 0 Å². The Morgan fingerprint density at radius 1 is 1.28 bits per heavy atom. The van der Waals surface area contributed by atoms with Crippen molar-refractivity contribution in [2.24, 2.45) is 16.7 Å². The van der Waals surface area contributed by atoms with Crippen molar-refractivity contribution in [3.05, 3.63) is 51.0 Å². The van der Waals surface area contributed by atoms with Crippen molar-refractivity contribution in [2.45, 2.75) is 52.7 Å². The number of nitrogens with one attached hydrogen (secondary N) is 1. The van der Waals surface area contributed by atoms with Crippen LogP contribution in [0.25, 0.3) is 0 Å². The number of rotatable bonds is 6. The Morgan fingerprint density at radius 2 is 2.03 bits per heavy atom. The van der Waals surface area contributed by atoms with Crippen LogP contribution >= 0.6 is 27.5 Å². The summed E-state index contributed by atoms with van der Waals surface area (Å²) >= 11 is 9.43. The monoisotopic (exact) mass is 521 g/mol. The fourth-order valence-electron chi connectivity index (χ4n) is 5.42. The first kappa shape index (κ1) is 23.2. The van der Waals surface area contributed by atoms with E-state index in [9.17, 15) is 9.90 Å². The molecule has 0 radical (unpaired) electrons. The molecule has 0 amide bonds. The molecule has 2 N–H and O–H groups in total. The van der Waals surface area contributed by atoms with Crippen molar-refractivity contribution in [1.29, 1.82) is 0 Å². The minimum atomic E-state index is -0.348. The summed E-state index contributed by atoms with van der Waals surface area (Å²) in [5.74, 6) is 0.738. The summed E-state index contributed by atoms with van der Waals surface area (Å²) in [6, 6.07) is 8.73. The topological polar surface area (TPSA) is 67.8 Å². The van der Waals surface area contributed by atoms with E-state index in [-0.39, 0.29) is 33.7 Å². The van der Waals surface area contributed by atoms with Gasteiger partial charge in [-0.25, -0.2) is 4.79 Å². The maximum Gasteiger partial charge on any atom is 0.342 e.